The minimum Gasteiger partial charge on any atom is -0.312 e. The zero-order valence-electron chi connectivity index (χ0n) is 13.1. The number of fused-ring (bicyclic) bond motifs is 1. The predicted molar refractivity (Wildman–Crippen MR) is 84.7 cm³/mol. The van der Waals surface area contributed by atoms with Crippen molar-refractivity contribution < 1.29 is 8.78 Å². The van der Waals surface area contributed by atoms with Crippen LogP contribution in [0.25, 0.3) is 5.69 Å². The van der Waals surface area contributed by atoms with Gasteiger partial charge in [-0.1, -0.05) is 25.3 Å². The van der Waals surface area contributed by atoms with Crippen LogP contribution in [-0.4, -0.2) is 16.3 Å². The number of halogens is 2. The normalized spacial score (nSPS) is 18.9. The van der Waals surface area contributed by atoms with E-state index in [0.29, 0.717) is 5.92 Å². The molecule has 1 aliphatic heterocycles. The Labute approximate surface area is 134 Å². The van der Waals surface area contributed by atoms with Crippen LogP contribution in [0.3, 0.4) is 0 Å². The van der Waals surface area contributed by atoms with Gasteiger partial charge in [-0.25, -0.2) is 13.5 Å². The van der Waals surface area contributed by atoms with Crippen LogP contribution in [-0.2, 0) is 13.0 Å². The molecule has 2 aliphatic rings. The minimum absolute atomic E-state index is 0.0345. The molecule has 4 rings (SSSR count). The van der Waals surface area contributed by atoms with Crippen molar-refractivity contribution in [3.05, 3.63) is 46.8 Å². The fourth-order valence-electron chi connectivity index (χ4n) is 3.95. The number of hydrogen-bond acceptors (Lipinski definition) is 2. The Morgan fingerprint density at radius 3 is 2.57 bits per heavy atom. The second-order valence-electron chi connectivity index (χ2n) is 6.55. The van der Waals surface area contributed by atoms with Crippen LogP contribution >= 0.6 is 0 Å². The summed E-state index contributed by atoms with van der Waals surface area (Å²) in [4.78, 5) is 0. The van der Waals surface area contributed by atoms with E-state index < -0.39 is 11.6 Å². The second kappa shape index (κ2) is 6.04. The van der Waals surface area contributed by atoms with E-state index in [1.807, 2.05) is 0 Å². The molecular weight excluding hydrogens is 296 g/mol. The lowest BCUT2D eigenvalue weighted by molar-refractivity contribution is 0.431. The van der Waals surface area contributed by atoms with Crippen LogP contribution in [0.4, 0.5) is 8.78 Å². The van der Waals surface area contributed by atoms with E-state index in [0.717, 1.165) is 49.3 Å². The van der Waals surface area contributed by atoms with Crippen molar-refractivity contribution >= 4 is 0 Å². The summed E-state index contributed by atoms with van der Waals surface area (Å²) < 4.78 is 30.0. The molecule has 0 atom stereocenters. The predicted octanol–water partition coefficient (Wildman–Crippen LogP) is 3.84. The lowest BCUT2D eigenvalue weighted by Gasteiger charge is -2.22. The standard InChI is InChI=1S/C18H21F2N3/c19-14-7-4-8-15(20)18(14)23-16-9-10-21-11-13(16)17(22-23)12-5-2-1-3-6-12/h4,7-8,12,21H,1-3,5-6,9-11H2. The zero-order chi connectivity index (χ0) is 15.8. The Morgan fingerprint density at radius 2 is 1.83 bits per heavy atom. The number of aromatic nitrogens is 2. The van der Waals surface area contributed by atoms with Gasteiger partial charge in [-0.15, -0.1) is 0 Å². The molecule has 2 aromatic rings. The highest BCUT2D eigenvalue weighted by atomic mass is 19.1. The third kappa shape index (κ3) is 2.57. The summed E-state index contributed by atoms with van der Waals surface area (Å²) in [6, 6.07) is 4.00. The molecule has 1 aromatic heterocycles. The SMILES string of the molecule is Fc1cccc(F)c1-n1nc(C2CCCCC2)c2c1CCNC2. The van der Waals surface area contributed by atoms with Crippen LogP contribution in [0, 0.1) is 11.6 Å². The number of nitrogens with zero attached hydrogens (tertiary/aromatic N) is 2. The largest absolute Gasteiger partial charge is 0.312 e. The number of benzene rings is 1. The summed E-state index contributed by atoms with van der Waals surface area (Å²) in [6.07, 6.45) is 6.72. The molecule has 2 heterocycles. The summed E-state index contributed by atoms with van der Waals surface area (Å²) in [6.45, 7) is 1.57. The van der Waals surface area contributed by atoms with E-state index in [4.69, 9.17) is 5.10 Å². The van der Waals surface area contributed by atoms with E-state index in [9.17, 15) is 8.78 Å². The molecule has 23 heavy (non-hydrogen) atoms. The summed E-state index contributed by atoms with van der Waals surface area (Å²) in [5.74, 6) is -0.679. The van der Waals surface area contributed by atoms with Gasteiger partial charge in [0.25, 0.3) is 0 Å². The maximum Gasteiger partial charge on any atom is 0.151 e. The topological polar surface area (TPSA) is 29.9 Å². The first kappa shape index (κ1) is 14.8. The monoisotopic (exact) mass is 317 g/mol. The van der Waals surface area contributed by atoms with Crippen molar-refractivity contribution in [1.29, 1.82) is 0 Å². The molecule has 5 heteroatoms. The quantitative estimate of drug-likeness (QED) is 0.912. The lowest BCUT2D eigenvalue weighted by Crippen LogP contribution is -2.25. The van der Waals surface area contributed by atoms with Gasteiger partial charge in [-0.3, -0.25) is 0 Å². The molecule has 0 spiro atoms. The molecule has 1 N–H and O–H groups in total. The lowest BCUT2D eigenvalue weighted by atomic mass is 9.84. The van der Waals surface area contributed by atoms with Gasteiger partial charge < -0.3 is 5.32 Å². The minimum atomic E-state index is -0.552. The molecule has 0 saturated heterocycles. The molecule has 0 amide bonds. The second-order valence-corrected chi connectivity index (χ2v) is 6.55. The van der Waals surface area contributed by atoms with Gasteiger partial charge in [-0.2, -0.15) is 5.10 Å². The summed E-state index contributed by atoms with van der Waals surface area (Å²) in [5, 5.41) is 8.08. The molecule has 1 aromatic carbocycles. The average Bonchev–Trinajstić information content (AvgIpc) is 2.95. The number of para-hydroxylation sites is 1. The highest BCUT2D eigenvalue weighted by Gasteiger charge is 2.29. The van der Waals surface area contributed by atoms with Crippen LogP contribution in [0.15, 0.2) is 18.2 Å². The van der Waals surface area contributed by atoms with Gasteiger partial charge in [0.05, 0.1) is 11.4 Å². The number of nitrogens with one attached hydrogen (secondary N) is 1. The molecule has 0 unspecified atom stereocenters. The zero-order valence-corrected chi connectivity index (χ0v) is 13.1. The summed E-state index contributed by atoms with van der Waals surface area (Å²) >= 11 is 0. The van der Waals surface area contributed by atoms with Crippen molar-refractivity contribution in [1.82, 2.24) is 15.1 Å². The molecule has 1 fully saturated rings. The molecule has 0 bridgehead atoms. The Kier molecular flexibility index (Phi) is 3.89. The molecule has 3 nitrogen and oxygen atoms in total. The maximum atomic E-state index is 14.2. The fourth-order valence-corrected chi connectivity index (χ4v) is 3.95. The van der Waals surface area contributed by atoms with Gasteiger partial charge in [0.1, 0.15) is 5.69 Å². The Balaban J connectivity index is 1.85. The molecule has 1 aliphatic carbocycles. The number of hydrogen-bond donors (Lipinski definition) is 1. The van der Waals surface area contributed by atoms with Crippen LogP contribution in [0.1, 0.15) is 55.0 Å². The molecule has 1 saturated carbocycles. The van der Waals surface area contributed by atoms with Crippen LogP contribution in [0.5, 0.6) is 0 Å². The molecule has 0 radical (unpaired) electrons. The van der Waals surface area contributed by atoms with E-state index in [-0.39, 0.29) is 5.69 Å². The Hall–Kier alpha value is -1.75. The smallest absolute Gasteiger partial charge is 0.151 e. The average molecular weight is 317 g/mol. The molecular formula is C18H21F2N3. The van der Waals surface area contributed by atoms with Gasteiger partial charge in [0.2, 0.25) is 0 Å². The first-order valence-corrected chi connectivity index (χ1v) is 8.51. The van der Waals surface area contributed by atoms with E-state index in [2.05, 4.69) is 5.32 Å². The third-order valence-electron chi connectivity index (χ3n) is 5.10. The van der Waals surface area contributed by atoms with Gasteiger partial charge in [0, 0.05) is 31.0 Å². The van der Waals surface area contributed by atoms with Gasteiger partial charge in [-0.05, 0) is 25.0 Å². The van der Waals surface area contributed by atoms with Crippen molar-refractivity contribution in [3.8, 4) is 5.69 Å². The highest BCUT2D eigenvalue weighted by Crippen LogP contribution is 2.36. The van der Waals surface area contributed by atoms with E-state index in [1.165, 1.54) is 42.1 Å². The fraction of sp³-hybridized carbons (Fsp3) is 0.500. The van der Waals surface area contributed by atoms with Crippen LogP contribution < -0.4 is 5.32 Å². The van der Waals surface area contributed by atoms with Crippen molar-refractivity contribution in [2.75, 3.05) is 6.54 Å². The van der Waals surface area contributed by atoms with E-state index >= 15 is 0 Å². The highest BCUT2D eigenvalue weighted by molar-refractivity contribution is 5.42. The van der Waals surface area contributed by atoms with Crippen LogP contribution in [0.2, 0.25) is 0 Å². The van der Waals surface area contributed by atoms with Crippen molar-refractivity contribution in [2.24, 2.45) is 0 Å². The Morgan fingerprint density at radius 1 is 1.09 bits per heavy atom. The van der Waals surface area contributed by atoms with Crippen molar-refractivity contribution in [3.63, 3.8) is 0 Å². The number of rotatable bonds is 2. The Bertz CT molecular complexity index is 697. The molecule has 122 valence electrons. The summed E-state index contributed by atoms with van der Waals surface area (Å²) in [5.41, 5.74) is 3.14. The van der Waals surface area contributed by atoms with Gasteiger partial charge >= 0.3 is 0 Å². The summed E-state index contributed by atoms with van der Waals surface area (Å²) in [7, 11) is 0. The van der Waals surface area contributed by atoms with E-state index in [1.54, 1.807) is 0 Å². The third-order valence-corrected chi connectivity index (χ3v) is 5.10. The van der Waals surface area contributed by atoms with Gasteiger partial charge in [0.15, 0.2) is 11.6 Å². The first-order chi connectivity index (χ1) is 11.3. The van der Waals surface area contributed by atoms with Crippen molar-refractivity contribution in [2.45, 2.75) is 51.0 Å². The first-order valence-electron chi connectivity index (χ1n) is 8.51. The maximum absolute atomic E-state index is 14.2.